The highest BCUT2D eigenvalue weighted by Gasteiger charge is 2.17. The van der Waals surface area contributed by atoms with Crippen molar-refractivity contribution in [1.82, 2.24) is 9.88 Å². The zero-order valence-corrected chi connectivity index (χ0v) is 15.4. The number of carbonyl (C=O) groups excluding carboxylic acids is 1. The van der Waals surface area contributed by atoms with Gasteiger partial charge in [0.25, 0.3) is 5.91 Å². The molecule has 0 aliphatic carbocycles. The van der Waals surface area contributed by atoms with Crippen molar-refractivity contribution in [3.63, 3.8) is 0 Å². The fraction of sp³-hybridized carbons (Fsp3) is 0.190. The summed E-state index contributed by atoms with van der Waals surface area (Å²) in [6, 6.07) is 17.6. The molecule has 0 radical (unpaired) electrons. The maximum absolute atomic E-state index is 12.7. The monoisotopic (exact) mass is 352 g/mol. The molecule has 0 bridgehead atoms. The molecule has 3 nitrogen and oxygen atoms in total. The van der Waals surface area contributed by atoms with Gasteiger partial charge in [-0.25, -0.2) is 0 Å². The zero-order chi connectivity index (χ0) is 18.0. The van der Waals surface area contributed by atoms with Crippen LogP contribution in [0.2, 0.25) is 5.02 Å². The Morgan fingerprint density at radius 2 is 1.72 bits per heavy atom. The van der Waals surface area contributed by atoms with Crippen molar-refractivity contribution in [2.75, 3.05) is 0 Å². The lowest BCUT2D eigenvalue weighted by molar-refractivity contribution is 0.0950. The third-order valence-corrected chi connectivity index (χ3v) is 4.80. The second-order valence-corrected chi connectivity index (χ2v) is 6.59. The Hall–Kier alpha value is -2.52. The van der Waals surface area contributed by atoms with Gasteiger partial charge in [-0.2, -0.15) is 0 Å². The average molecular weight is 353 g/mol. The summed E-state index contributed by atoms with van der Waals surface area (Å²) in [5, 5.41) is 3.63. The molecule has 0 saturated heterocycles. The number of hydrogen-bond acceptors (Lipinski definition) is 1. The minimum absolute atomic E-state index is 0.0900. The van der Waals surface area contributed by atoms with E-state index in [0.29, 0.717) is 17.1 Å². The highest BCUT2D eigenvalue weighted by Crippen LogP contribution is 2.23. The molecule has 128 valence electrons. The third-order valence-electron chi connectivity index (χ3n) is 4.43. The molecule has 25 heavy (non-hydrogen) atoms. The fourth-order valence-corrected chi connectivity index (χ4v) is 3.29. The van der Waals surface area contributed by atoms with Gasteiger partial charge in [0.15, 0.2) is 0 Å². The number of rotatable bonds is 4. The lowest BCUT2D eigenvalue weighted by atomic mass is 10.2. The van der Waals surface area contributed by atoms with Gasteiger partial charge in [0, 0.05) is 28.6 Å². The van der Waals surface area contributed by atoms with E-state index in [1.54, 1.807) is 0 Å². The quantitative estimate of drug-likeness (QED) is 0.705. The summed E-state index contributed by atoms with van der Waals surface area (Å²) in [6.07, 6.45) is 0. The third kappa shape index (κ3) is 3.47. The summed E-state index contributed by atoms with van der Waals surface area (Å²) in [6.45, 7) is 6.48. The predicted molar refractivity (Wildman–Crippen MR) is 103 cm³/mol. The van der Waals surface area contributed by atoms with E-state index < -0.39 is 0 Å². The standard InChI is InChI=1S/C21H21ClN2O/c1-14-8-4-7-11-20(14)24-15(2)12-18(16(24)3)21(25)23-13-17-9-5-6-10-19(17)22/h4-12H,13H2,1-3H3,(H,23,25). The van der Waals surface area contributed by atoms with Crippen molar-refractivity contribution >= 4 is 17.5 Å². The molecule has 0 aliphatic rings. The van der Waals surface area contributed by atoms with Crippen LogP contribution in [0.5, 0.6) is 0 Å². The molecule has 0 unspecified atom stereocenters. The average Bonchev–Trinajstić information content (AvgIpc) is 2.89. The Bertz CT molecular complexity index is 927. The van der Waals surface area contributed by atoms with Crippen LogP contribution in [-0.2, 0) is 6.54 Å². The summed E-state index contributed by atoms with van der Waals surface area (Å²) in [7, 11) is 0. The van der Waals surface area contributed by atoms with Crippen LogP contribution in [0.25, 0.3) is 5.69 Å². The summed E-state index contributed by atoms with van der Waals surface area (Å²) in [4.78, 5) is 12.7. The van der Waals surface area contributed by atoms with Crippen molar-refractivity contribution in [2.45, 2.75) is 27.3 Å². The smallest absolute Gasteiger partial charge is 0.253 e. The van der Waals surface area contributed by atoms with E-state index >= 15 is 0 Å². The van der Waals surface area contributed by atoms with Crippen LogP contribution in [0.4, 0.5) is 0 Å². The van der Waals surface area contributed by atoms with Crippen molar-refractivity contribution < 1.29 is 4.79 Å². The number of aromatic nitrogens is 1. The number of halogens is 1. The van der Waals surface area contributed by atoms with Gasteiger partial charge < -0.3 is 9.88 Å². The molecule has 4 heteroatoms. The minimum Gasteiger partial charge on any atom is -0.348 e. The van der Waals surface area contributed by atoms with Crippen molar-refractivity contribution in [1.29, 1.82) is 0 Å². The molecule has 0 saturated carbocycles. The Morgan fingerprint density at radius 1 is 1.04 bits per heavy atom. The van der Waals surface area contributed by atoms with Crippen LogP contribution >= 0.6 is 11.6 Å². The molecule has 1 amide bonds. The first-order chi connectivity index (χ1) is 12.0. The second kappa shape index (κ2) is 7.16. The number of carbonyl (C=O) groups is 1. The van der Waals surface area contributed by atoms with Crippen LogP contribution in [0, 0.1) is 20.8 Å². The zero-order valence-electron chi connectivity index (χ0n) is 14.6. The molecular formula is C21H21ClN2O. The lowest BCUT2D eigenvalue weighted by Crippen LogP contribution is -2.23. The first-order valence-electron chi connectivity index (χ1n) is 8.25. The molecular weight excluding hydrogens is 332 g/mol. The number of nitrogens with one attached hydrogen (secondary N) is 1. The Balaban J connectivity index is 1.86. The van der Waals surface area contributed by atoms with Gasteiger partial charge in [0.05, 0.1) is 5.56 Å². The number of amides is 1. The molecule has 3 rings (SSSR count). The van der Waals surface area contributed by atoms with Gasteiger partial charge in [-0.05, 0) is 50.1 Å². The highest BCUT2D eigenvalue weighted by atomic mass is 35.5. The molecule has 1 heterocycles. The summed E-state index contributed by atoms with van der Waals surface area (Å²) >= 11 is 6.16. The van der Waals surface area contributed by atoms with Gasteiger partial charge in [-0.3, -0.25) is 4.79 Å². The SMILES string of the molecule is Cc1ccccc1-n1c(C)cc(C(=O)NCc2ccccc2Cl)c1C. The van der Waals surface area contributed by atoms with E-state index in [9.17, 15) is 4.79 Å². The largest absolute Gasteiger partial charge is 0.348 e. The van der Waals surface area contributed by atoms with Crippen LogP contribution in [-0.4, -0.2) is 10.5 Å². The normalized spacial score (nSPS) is 10.7. The maximum atomic E-state index is 12.7. The predicted octanol–water partition coefficient (Wildman–Crippen LogP) is 4.99. The van der Waals surface area contributed by atoms with Crippen molar-refractivity contribution in [3.8, 4) is 5.69 Å². The van der Waals surface area contributed by atoms with Crippen molar-refractivity contribution in [3.05, 3.63) is 87.7 Å². The van der Waals surface area contributed by atoms with E-state index in [-0.39, 0.29) is 5.91 Å². The van der Waals surface area contributed by atoms with E-state index in [2.05, 4.69) is 28.9 Å². The van der Waals surface area contributed by atoms with Gasteiger partial charge in [0.2, 0.25) is 0 Å². The van der Waals surface area contributed by atoms with Gasteiger partial charge in [-0.1, -0.05) is 48.0 Å². The topological polar surface area (TPSA) is 34.0 Å². The van der Waals surface area contributed by atoms with Gasteiger partial charge >= 0.3 is 0 Å². The molecule has 3 aromatic rings. The molecule has 2 aromatic carbocycles. The molecule has 0 spiro atoms. The first kappa shape index (κ1) is 17.3. The minimum atomic E-state index is -0.0900. The Labute approximate surface area is 153 Å². The van der Waals surface area contributed by atoms with Crippen LogP contribution < -0.4 is 5.32 Å². The first-order valence-corrected chi connectivity index (χ1v) is 8.63. The lowest BCUT2D eigenvalue weighted by Gasteiger charge is -2.13. The number of para-hydroxylation sites is 1. The number of hydrogen-bond donors (Lipinski definition) is 1. The van der Waals surface area contributed by atoms with Crippen LogP contribution in [0.1, 0.15) is 32.9 Å². The van der Waals surface area contributed by atoms with E-state index in [1.807, 2.05) is 56.3 Å². The molecule has 1 aromatic heterocycles. The number of benzene rings is 2. The number of nitrogens with zero attached hydrogens (tertiary/aromatic N) is 1. The van der Waals surface area contributed by atoms with E-state index in [0.717, 1.165) is 22.6 Å². The van der Waals surface area contributed by atoms with Gasteiger partial charge in [-0.15, -0.1) is 0 Å². The summed E-state index contributed by atoms with van der Waals surface area (Å²) in [5.41, 5.74) is 5.84. The fourth-order valence-electron chi connectivity index (χ4n) is 3.09. The molecule has 1 N–H and O–H groups in total. The second-order valence-electron chi connectivity index (χ2n) is 6.18. The van der Waals surface area contributed by atoms with Crippen molar-refractivity contribution in [2.24, 2.45) is 0 Å². The molecule has 0 fully saturated rings. The van der Waals surface area contributed by atoms with E-state index in [1.165, 1.54) is 5.56 Å². The summed E-state index contributed by atoms with van der Waals surface area (Å²) < 4.78 is 2.12. The Kier molecular flexibility index (Phi) is 4.95. The number of aryl methyl sites for hydroxylation is 2. The Morgan fingerprint density at radius 3 is 2.44 bits per heavy atom. The maximum Gasteiger partial charge on any atom is 0.253 e. The molecule has 0 aliphatic heterocycles. The highest BCUT2D eigenvalue weighted by molar-refractivity contribution is 6.31. The summed E-state index contributed by atoms with van der Waals surface area (Å²) in [5.74, 6) is -0.0900. The molecule has 0 atom stereocenters. The van der Waals surface area contributed by atoms with Crippen LogP contribution in [0.15, 0.2) is 54.6 Å². The van der Waals surface area contributed by atoms with Gasteiger partial charge in [0.1, 0.15) is 0 Å². The van der Waals surface area contributed by atoms with E-state index in [4.69, 9.17) is 11.6 Å². The van der Waals surface area contributed by atoms with Crippen LogP contribution in [0.3, 0.4) is 0 Å².